The fourth-order valence-corrected chi connectivity index (χ4v) is 7.10. The Morgan fingerprint density at radius 1 is 1.05 bits per heavy atom. The quantitative estimate of drug-likeness (QED) is 0.461. The van der Waals surface area contributed by atoms with Gasteiger partial charge in [-0.3, -0.25) is 4.90 Å². The summed E-state index contributed by atoms with van der Waals surface area (Å²) in [6.07, 6.45) is 3.33. The number of halogens is 2. The second kappa shape index (κ2) is 9.91. The third-order valence-corrected chi connectivity index (χ3v) is 9.23. The summed E-state index contributed by atoms with van der Waals surface area (Å²) >= 11 is 0. The Morgan fingerprint density at radius 2 is 1.81 bits per heavy atom. The number of benzene rings is 2. The number of hydrogen-bond acceptors (Lipinski definition) is 4. The van der Waals surface area contributed by atoms with Gasteiger partial charge in [-0.05, 0) is 75.2 Å². The molecule has 5 nitrogen and oxygen atoms in total. The molecule has 0 amide bonds. The molecule has 3 aliphatic heterocycles. The van der Waals surface area contributed by atoms with Crippen LogP contribution in [-0.2, 0) is 6.42 Å². The van der Waals surface area contributed by atoms with Gasteiger partial charge in [0, 0.05) is 53.0 Å². The predicted molar refractivity (Wildman–Crippen MR) is 145 cm³/mol. The van der Waals surface area contributed by atoms with Crippen molar-refractivity contribution in [1.82, 2.24) is 15.2 Å². The van der Waals surface area contributed by atoms with Crippen LogP contribution in [0, 0.1) is 5.41 Å². The smallest absolute Gasteiger partial charge is 0.251 e. The molecule has 2 atom stereocenters. The molecule has 2 saturated heterocycles. The second-order valence-electron chi connectivity index (χ2n) is 11.3. The Balaban J connectivity index is 1.35. The molecule has 3 aromatic rings. The third kappa shape index (κ3) is 4.50. The van der Waals surface area contributed by atoms with Crippen LogP contribution in [0.15, 0.2) is 42.5 Å². The number of aromatic amines is 1. The number of methoxy groups -OCH3 is 1. The van der Waals surface area contributed by atoms with Gasteiger partial charge in [0.1, 0.15) is 5.75 Å². The molecule has 0 aliphatic carbocycles. The molecule has 2 fully saturated rings. The lowest BCUT2D eigenvalue weighted by molar-refractivity contribution is 0.0450. The van der Waals surface area contributed by atoms with Crippen LogP contribution < -0.4 is 15.0 Å². The molecule has 7 heteroatoms. The zero-order valence-corrected chi connectivity index (χ0v) is 21.9. The maximum atomic E-state index is 13.8. The molecule has 1 unspecified atom stereocenters. The van der Waals surface area contributed by atoms with Gasteiger partial charge in [0.25, 0.3) is 6.43 Å². The van der Waals surface area contributed by atoms with E-state index in [4.69, 9.17) is 4.74 Å². The summed E-state index contributed by atoms with van der Waals surface area (Å²) < 4.78 is 33.6. The molecule has 2 N–H and O–H groups in total. The van der Waals surface area contributed by atoms with E-state index in [9.17, 15) is 8.78 Å². The summed E-state index contributed by atoms with van der Waals surface area (Å²) in [5.41, 5.74) is 5.89. The predicted octanol–water partition coefficient (Wildman–Crippen LogP) is 5.75. The first kappa shape index (κ1) is 24.7. The topological polar surface area (TPSA) is 43.5 Å². The molecule has 2 aromatic carbocycles. The van der Waals surface area contributed by atoms with Gasteiger partial charge >= 0.3 is 0 Å². The van der Waals surface area contributed by atoms with E-state index in [0.717, 1.165) is 60.8 Å². The van der Waals surface area contributed by atoms with Crippen molar-refractivity contribution < 1.29 is 13.5 Å². The van der Waals surface area contributed by atoms with Crippen LogP contribution in [0.4, 0.5) is 14.5 Å². The van der Waals surface area contributed by atoms with Gasteiger partial charge in [0.05, 0.1) is 19.7 Å². The average Bonchev–Trinajstić information content (AvgIpc) is 3.27. The van der Waals surface area contributed by atoms with Gasteiger partial charge in [-0.15, -0.1) is 0 Å². The van der Waals surface area contributed by atoms with Crippen LogP contribution in [0.25, 0.3) is 10.9 Å². The standard InChI is InChI=1S/C30H38F2N4O/c1-20-17-24-22-5-3-4-6-25(22)34-28(24)29(36(20)19-27(31)32)23-8-7-21(18-26(23)37-2)35-15-11-30(12-16-35)9-13-33-14-10-30/h3-8,18,20,27,29,33-34H,9-17,19H2,1-2H3/t20-,29?/m1/s1. The van der Waals surface area contributed by atoms with E-state index in [1.54, 1.807) is 7.11 Å². The Bertz CT molecular complexity index is 1240. The monoisotopic (exact) mass is 508 g/mol. The van der Waals surface area contributed by atoms with Crippen molar-refractivity contribution in [1.29, 1.82) is 0 Å². The Hall–Kier alpha value is -2.64. The lowest BCUT2D eigenvalue weighted by atomic mass is 9.71. The summed E-state index contributed by atoms with van der Waals surface area (Å²) in [6.45, 7) is 6.15. The number of alkyl halides is 2. The minimum Gasteiger partial charge on any atom is -0.496 e. The summed E-state index contributed by atoms with van der Waals surface area (Å²) in [5, 5.41) is 4.68. The largest absolute Gasteiger partial charge is 0.496 e. The van der Waals surface area contributed by atoms with Gasteiger partial charge in [-0.1, -0.05) is 24.3 Å². The summed E-state index contributed by atoms with van der Waals surface area (Å²) in [4.78, 5) is 8.01. The van der Waals surface area contributed by atoms with Crippen molar-refractivity contribution in [2.24, 2.45) is 5.41 Å². The fraction of sp³-hybridized carbons (Fsp3) is 0.533. The van der Waals surface area contributed by atoms with Crippen LogP contribution in [0.1, 0.15) is 55.5 Å². The Kier molecular flexibility index (Phi) is 6.61. The zero-order valence-electron chi connectivity index (χ0n) is 21.9. The number of nitrogens with one attached hydrogen (secondary N) is 2. The number of nitrogens with zero attached hydrogens (tertiary/aromatic N) is 2. The number of fused-ring (bicyclic) bond motifs is 3. The van der Waals surface area contributed by atoms with Crippen molar-refractivity contribution >= 4 is 16.6 Å². The highest BCUT2D eigenvalue weighted by Crippen LogP contribution is 2.45. The second-order valence-corrected chi connectivity index (χ2v) is 11.3. The number of hydrogen-bond donors (Lipinski definition) is 2. The first-order valence-corrected chi connectivity index (χ1v) is 13.7. The van der Waals surface area contributed by atoms with E-state index in [1.807, 2.05) is 17.0 Å². The molecule has 0 saturated carbocycles. The maximum absolute atomic E-state index is 13.8. The van der Waals surface area contributed by atoms with Crippen molar-refractivity contribution in [3.63, 3.8) is 0 Å². The third-order valence-electron chi connectivity index (χ3n) is 9.23. The Labute approximate surface area is 218 Å². The number of rotatable bonds is 5. The molecule has 0 radical (unpaired) electrons. The van der Waals surface area contributed by atoms with Gasteiger partial charge in [-0.2, -0.15) is 0 Å². The molecule has 1 spiro atoms. The summed E-state index contributed by atoms with van der Waals surface area (Å²) in [6, 6.07) is 14.3. The zero-order chi connectivity index (χ0) is 25.6. The minimum absolute atomic E-state index is 0.0154. The SMILES string of the molecule is COc1cc(N2CCC3(CCNCC3)CC2)ccc1C1c2[nH]c3ccccc3c2C[C@@H](C)N1CC(F)F. The first-order valence-electron chi connectivity index (χ1n) is 13.7. The number of piperidine rings is 2. The lowest BCUT2D eigenvalue weighted by Gasteiger charge is -2.45. The van der Waals surface area contributed by atoms with Crippen LogP contribution in [0.5, 0.6) is 5.75 Å². The van der Waals surface area contributed by atoms with E-state index in [1.165, 1.54) is 36.6 Å². The van der Waals surface area contributed by atoms with Gasteiger partial charge in [-0.25, -0.2) is 8.78 Å². The molecule has 198 valence electrons. The first-order chi connectivity index (χ1) is 18.0. The average molecular weight is 509 g/mol. The number of anilines is 1. The highest BCUT2D eigenvalue weighted by atomic mass is 19.3. The van der Waals surface area contributed by atoms with Gasteiger partial charge in [0.2, 0.25) is 0 Å². The molecular formula is C30H38F2N4O. The van der Waals surface area contributed by atoms with E-state index in [2.05, 4.69) is 52.5 Å². The van der Waals surface area contributed by atoms with Crippen LogP contribution in [0.2, 0.25) is 0 Å². The fourth-order valence-electron chi connectivity index (χ4n) is 7.10. The summed E-state index contributed by atoms with van der Waals surface area (Å²) in [7, 11) is 1.69. The van der Waals surface area contributed by atoms with Crippen LogP contribution in [0.3, 0.4) is 0 Å². The molecule has 37 heavy (non-hydrogen) atoms. The highest BCUT2D eigenvalue weighted by molar-refractivity contribution is 5.85. The van der Waals surface area contributed by atoms with E-state index < -0.39 is 6.43 Å². The van der Waals surface area contributed by atoms with Gasteiger partial charge < -0.3 is 19.9 Å². The van der Waals surface area contributed by atoms with Crippen molar-refractivity contribution in [2.45, 2.75) is 57.5 Å². The number of ether oxygens (including phenoxy) is 1. The summed E-state index contributed by atoms with van der Waals surface area (Å²) in [5.74, 6) is 0.766. The number of aromatic nitrogens is 1. The molecule has 6 rings (SSSR count). The van der Waals surface area contributed by atoms with Crippen molar-refractivity contribution in [3.05, 3.63) is 59.3 Å². The lowest BCUT2D eigenvalue weighted by Crippen LogP contribution is -2.45. The van der Waals surface area contributed by atoms with Crippen LogP contribution in [-0.4, -0.2) is 62.2 Å². The van der Waals surface area contributed by atoms with Crippen LogP contribution >= 0.6 is 0 Å². The van der Waals surface area contributed by atoms with Gasteiger partial charge in [0.15, 0.2) is 0 Å². The molecule has 4 heterocycles. The molecule has 1 aromatic heterocycles. The van der Waals surface area contributed by atoms with Crippen molar-refractivity contribution in [3.8, 4) is 5.75 Å². The highest BCUT2D eigenvalue weighted by Gasteiger charge is 2.39. The normalized spacial score (nSPS) is 24.1. The number of para-hydroxylation sites is 1. The molecule has 3 aliphatic rings. The van der Waals surface area contributed by atoms with E-state index in [-0.39, 0.29) is 18.6 Å². The Morgan fingerprint density at radius 3 is 2.54 bits per heavy atom. The maximum Gasteiger partial charge on any atom is 0.251 e. The molecular weight excluding hydrogens is 470 g/mol. The molecule has 0 bridgehead atoms. The van der Waals surface area contributed by atoms with Crippen molar-refractivity contribution in [2.75, 3.05) is 44.7 Å². The number of H-pyrrole nitrogens is 1. The minimum atomic E-state index is -2.41. The van der Waals surface area contributed by atoms with E-state index in [0.29, 0.717) is 5.41 Å². The van der Waals surface area contributed by atoms with E-state index >= 15 is 0 Å².